The Morgan fingerprint density at radius 1 is 0.967 bits per heavy atom. The van der Waals surface area contributed by atoms with Gasteiger partial charge in [0.25, 0.3) is 0 Å². The Balaban J connectivity index is 1.93. The van der Waals surface area contributed by atoms with Crippen molar-refractivity contribution in [3.63, 3.8) is 0 Å². The molecule has 0 radical (unpaired) electrons. The van der Waals surface area contributed by atoms with Crippen molar-refractivity contribution in [2.45, 2.75) is 26.7 Å². The van der Waals surface area contributed by atoms with Crippen LogP contribution in [0.3, 0.4) is 0 Å². The molecule has 7 nitrogen and oxygen atoms in total. The van der Waals surface area contributed by atoms with Gasteiger partial charge in [0, 0.05) is 18.7 Å². The predicted molar refractivity (Wildman–Crippen MR) is 121 cm³/mol. The van der Waals surface area contributed by atoms with Gasteiger partial charge >= 0.3 is 0 Å². The highest BCUT2D eigenvalue weighted by molar-refractivity contribution is 6.33. The summed E-state index contributed by atoms with van der Waals surface area (Å²) < 4.78 is 10.9. The maximum absolute atomic E-state index is 12.4. The van der Waals surface area contributed by atoms with Crippen molar-refractivity contribution in [3.05, 3.63) is 47.5 Å². The predicted octanol–water partition coefficient (Wildman–Crippen LogP) is 4.54. The SMILES string of the molecule is CCCC(=O)Nc1ccc(Cl)c(NCC(=O)Nc2ccccc2OCCOCC)c1. The quantitative estimate of drug-likeness (QED) is 0.427. The van der Waals surface area contributed by atoms with Crippen molar-refractivity contribution in [1.29, 1.82) is 0 Å². The zero-order chi connectivity index (χ0) is 21.8. The molecule has 0 saturated carbocycles. The Morgan fingerprint density at radius 3 is 2.53 bits per heavy atom. The summed E-state index contributed by atoms with van der Waals surface area (Å²) in [4.78, 5) is 24.2. The molecule has 0 heterocycles. The number of benzene rings is 2. The Kier molecular flexibility index (Phi) is 9.97. The number of carbonyl (C=O) groups excluding carboxylic acids is 2. The smallest absolute Gasteiger partial charge is 0.243 e. The second-order valence-electron chi connectivity index (χ2n) is 6.44. The van der Waals surface area contributed by atoms with Gasteiger partial charge in [0.05, 0.1) is 29.5 Å². The first-order valence-electron chi connectivity index (χ1n) is 9.96. The summed E-state index contributed by atoms with van der Waals surface area (Å²) in [5.74, 6) is 0.251. The number of halogens is 1. The van der Waals surface area contributed by atoms with Gasteiger partial charge in [0.2, 0.25) is 11.8 Å². The number of amides is 2. The molecule has 3 N–H and O–H groups in total. The first-order valence-corrected chi connectivity index (χ1v) is 10.3. The highest BCUT2D eigenvalue weighted by Crippen LogP contribution is 2.26. The van der Waals surface area contributed by atoms with Crippen LogP contribution in [0.2, 0.25) is 5.02 Å². The first kappa shape index (κ1) is 23.5. The number of para-hydroxylation sites is 2. The zero-order valence-corrected chi connectivity index (χ0v) is 18.1. The molecular weight excluding hydrogens is 406 g/mol. The van der Waals surface area contributed by atoms with Crippen molar-refractivity contribution in [2.24, 2.45) is 0 Å². The number of nitrogens with one attached hydrogen (secondary N) is 3. The third-order valence-corrected chi connectivity index (χ3v) is 4.35. The van der Waals surface area contributed by atoms with E-state index >= 15 is 0 Å². The van der Waals surface area contributed by atoms with E-state index in [1.54, 1.807) is 30.3 Å². The summed E-state index contributed by atoms with van der Waals surface area (Å²) in [6, 6.07) is 12.3. The van der Waals surface area contributed by atoms with E-state index in [2.05, 4.69) is 16.0 Å². The summed E-state index contributed by atoms with van der Waals surface area (Å²) >= 11 is 6.21. The lowest BCUT2D eigenvalue weighted by Gasteiger charge is -2.14. The molecule has 0 bridgehead atoms. The number of hydrogen-bond acceptors (Lipinski definition) is 5. The highest BCUT2D eigenvalue weighted by atomic mass is 35.5. The Labute approximate surface area is 182 Å². The average Bonchev–Trinajstić information content (AvgIpc) is 2.73. The summed E-state index contributed by atoms with van der Waals surface area (Å²) in [5.41, 5.74) is 1.75. The van der Waals surface area contributed by atoms with E-state index < -0.39 is 0 Å². The molecule has 0 aliphatic carbocycles. The molecule has 2 aromatic carbocycles. The molecule has 0 aliphatic heterocycles. The molecule has 0 fully saturated rings. The van der Waals surface area contributed by atoms with E-state index in [4.69, 9.17) is 21.1 Å². The summed E-state index contributed by atoms with van der Waals surface area (Å²) in [7, 11) is 0. The van der Waals surface area contributed by atoms with Crippen LogP contribution in [0.5, 0.6) is 5.75 Å². The zero-order valence-electron chi connectivity index (χ0n) is 17.3. The van der Waals surface area contributed by atoms with Crippen LogP contribution >= 0.6 is 11.6 Å². The van der Waals surface area contributed by atoms with Gasteiger partial charge in [-0.15, -0.1) is 0 Å². The third kappa shape index (κ3) is 7.93. The average molecular weight is 434 g/mol. The van der Waals surface area contributed by atoms with Crippen LogP contribution in [0.25, 0.3) is 0 Å². The Hall–Kier alpha value is -2.77. The number of carbonyl (C=O) groups is 2. The lowest BCUT2D eigenvalue weighted by Crippen LogP contribution is -2.22. The van der Waals surface area contributed by atoms with E-state index in [-0.39, 0.29) is 18.4 Å². The van der Waals surface area contributed by atoms with Crippen molar-refractivity contribution in [2.75, 3.05) is 42.3 Å². The van der Waals surface area contributed by atoms with Gasteiger partial charge in [-0.3, -0.25) is 9.59 Å². The molecule has 30 heavy (non-hydrogen) atoms. The van der Waals surface area contributed by atoms with Crippen LogP contribution in [-0.4, -0.2) is 38.2 Å². The third-order valence-electron chi connectivity index (χ3n) is 4.02. The topological polar surface area (TPSA) is 88.7 Å². The van der Waals surface area contributed by atoms with E-state index in [0.717, 1.165) is 6.42 Å². The molecule has 2 aromatic rings. The fraction of sp³-hybridized carbons (Fsp3) is 0.364. The normalized spacial score (nSPS) is 10.4. The fourth-order valence-corrected chi connectivity index (χ4v) is 2.79. The lowest BCUT2D eigenvalue weighted by molar-refractivity contribution is -0.116. The molecule has 162 valence electrons. The van der Waals surface area contributed by atoms with Crippen molar-refractivity contribution < 1.29 is 19.1 Å². The second kappa shape index (κ2) is 12.7. The molecular formula is C22H28ClN3O4. The first-order chi connectivity index (χ1) is 14.5. The molecule has 0 atom stereocenters. The van der Waals surface area contributed by atoms with Gasteiger partial charge in [-0.1, -0.05) is 30.7 Å². The summed E-state index contributed by atoms with van der Waals surface area (Å²) in [6.07, 6.45) is 1.21. The van der Waals surface area contributed by atoms with Crippen LogP contribution in [0.1, 0.15) is 26.7 Å². The monoisotopic (exact) mass is 433 g/mol. The molecule has 0 spiro atoms. The van der Waals surface area contributed by atoms with Gasteiger partial charge < -0.3 is 25.4 Å². The van der Waals surface area contributed by atoms with E-state index in [1.165, 1.54) is 0 Å². The minimum absolute atomic E-state index is 0.000635. The minimum atomic E-state index is -0.257. The highest BCUT2D eigenvalue weighted by Gasteiger charge is 2.10. The maximum Gasteiger partial charge on any atom is 0.243 e. The largest absolute Gasteiger partial charge is 0.489 e. The Bertz CT molecular complexity index is 845. The van der Waals surface area contributed by atoms with Crippen LogP contribution in [-0.2, 0) is 14.3 Å². The van der Waals surface area contributed by atoms with Crippen molar-refractivity contribution in [1.82, 2.24) is 0 Å². The van der Waals surface area contributed by atoms with Crippen molar-refractivity contribution >= 4 is 40.5 Å². The van der Waals surface area contributed by atoms with Crippen LogP contribution in [0.4, 0.5) is 17.1 Å². The molecule has 8 heteroatoms. The lowest BCUT2D eigenvalue weighted by atomic mass is 10.2. The van der Waals surface area contributed by atoms with Crippen LogP contribution < -0.4 is 20.7 Å². The molecule has 0 unspecified atom stereocenters. The van der Waals surface area contributed by atoms with Crippen LogP contribution in [0.15, 0.2) is 42.5 Å². The molecule has 0 aromatic heterocycles. The standard InChI is InChI=1S/C22H28ClN3O4/c1-3-7-21(27)25-16-10-11-17(23)19(14-16)24-15-22(28)26-18-8-5-6-9-20(18)30-13-12-29-4-2/h5-6,8-11,14,24H,3-4,7,12-13,15H2,1-2H3,(H,25,27)(H,26,28). The number of rotatable bonds is 12. The number of ether oxygens (including phenoxy) is 2. The van der Waals surface area contributed by atoms with Crippen LogP contribution in [0, 0.1) is 0 Å². The van der Waals surface area contributed by atoms with Crippen molar-refractivity contribution in [3.8, 4) is 5.75 Å². The molecule has 2 amide bonds. The summed E-state index contributed by atoms with van der Waals surface area (Å²) in [5, 5.41) is 9.09. The van der Waals surface area contributed by atoms with E-state index in [0.29, 0.717) is 54.1 Å². The minimum Gasteiger partial charge on any atom is -0.489 e. The van der Waals surface area contributed by atoms with Gasteiger partial charge in [-0.2, -0.15) is 0 Å². The summed E-state index contributed by atoms with van der Waals surface area (Å²) in [6.45, 7) is 5.35. The molecule has 0 aliphatic rings. The Morgan fingerprint density at radius 2 is 1.77 bits per heavy atom. The van der Waals surface area contributed by atoms with E-state index in [1.807, 2.05) is 26.0 Å². The number of anilines is 3. The van der Waals surface area contributed by atoms with Gasteiger partial charge in [-0.05, 0) is 43.7 Å². The molecule has 0 saturated heterocycles. The molecule has 2 rings (SSSR count). The fourth-order valence-electron chi connectivity index (χ4n) is 2.61. The number of hydrogen-bond donors (Lipinski definition) is 3. The van der Waals surface area contributed by atoms with Gasteiger partial charge in [0.15, 0.2) is 0 Å². The second-order valence-corrected chi connectivity index (χ2v) is 6.84. The van der Waals surface area contributed by atoms with E-state index in [9.17, 15) is 9.59 Å². The van der Waals surface area contributed by atoms with Gasteiger partial charge in [-0.25, -0.2) is 0 Å². The van der Waals surface area contributed by atoms with Gasteiger partial charge in [0.1, 0.15) is 12.4 Å². The maximum atomic E-state index is 12.4.